The highest BCUT2D eigenvalue weighted by Gasteiger charge is 2.19. The first-order chi connectivity index (χ1) is 10.1. The van der Waals surface area contributed by atoms with E-state index in [1.807, 2.05) is 6.07 Å². The standard InChI is InChI=1S/C14H18N4O3/c19-12-10-18(8-4-7-15-12)13(20)9-16-14(21)17-11-5-2-1-3-6-11/h1-3,5-6H,4,7-10H2,(H,15,19)(H2,16,17,21). The zero-order valence-electron chi connectivity index (χ0n) is 11.6. The van der Waals surface area contributed by atoms with Crippen LogP contribution in [0.5, 0.6) is 0 Å². The van der Waals surface area contributed by atoms with Gasteiger partial charge in [0.15, 0.2) is 0 Å². The number of urea groups is 1. The van der Waals surface area contributed by atoms with Crippen LogP contribution in [-0.2, 0) is 9.59 Å². The van der Waals surface area contributed by atoms with E-state index in [9.17, 15) is 14.4 Å². The number of hydrogen-bond acceptors (Lipinski definition) is 3. The number of hydrogen-bond donors (Lipinski definition) is 3. The van der Waals surface area contributed by atoms with Crippen LogP contribution < -0.4 is 16.0 Å². The average Bonchev–Trinajstić information content (AvgIpc) is 2.70. The molecule has 1 heterocycles. The van der Waals surface area contributed by atoms with Gasteiger partial charge in [-0.2, -0.15) is 0 Å². The van der Waals surface area contributed by atoms with Gasteiger partial charge in [-0.3, -0.25) is 9.59 Å². The van der Waals surface area contributed by atoms with Gasteiger partial charge in [0, 0.05) is 18.8 Å². The fraction of sp³-hybridized carbons (Fsp3) is 0.357. The summed E-state index contributed by atoms with van der Waals surface area (Å²) in [7, 11) is 0. The van der Waals surface area contributed by atoms with Gasteiger partial charge in [-0.25, -0.2) is 4.79 Å². The van der Waals surface area contributed by atoms with E-state index in [1.165, 1.54) is 4.90 Å². The lowest BCUT2D eigenvalue weighted by Crippen LogP contribution is -2.44. The van der Waals surface area contributed by atoms with Crippen molar-refractivity contribution in [1.29, 1.82) is 0 Å². The van der Waals surface area contributed by atoms with Crippen molar-refractivity contribution in [3.05, 3.63) is 30.3 Å². The van der Waals surface area contributed by atoms with Crippen molar-refractivity contribution in [2.75, 3.05) is 31.5 Å². The van der Waals surface area contributed by atoms with Gasteiger partial charge in [-0.05, 0) is 18.6 Å². The van der Waals surface area contributed by atoms with Crippen molar-refractivity contribution >= 4 is 23.5 Å². The van der Waals surface area contributed by atoms with Crippen LogP contribution in [0, 0.1) is 0 Å². The normalized spacial score (nSPS) is 14.9. The predicted molar refractivity (Wildman–Crippen MR) is 77.7 cm³/mol. The van der Waals surface area contributed by atoms with Crippen molar-refractivity contribution in [2.24, 2.45) is 0 Å². The maximum Gasteiger partial charge on any atom is 0.319 e. The molecule has 2 rings (SSSR count). The Labute approximate surface area is 122 Å². The number of nitrogens with one attached hydrogen (secondary N) is 3. The van der Waals surface area contributed by atoms with Gasteiger partial charge in [-0.1, -0.05) is 18.2 Å². The maximum absolute atomic E-state index is 12.0. The highest BCUT2D eigenvalue weighted by Crippen LogP contribution is 2.04. The lowest BCUT2D eigenvalue weighted by Gasteiger charge is -2.19. The van der Waals surface area contributed by atoms with Crippen LogP contribution in [-0.4, -0.2) is 48.9 Å². The van der Waals surface area contributed by atoms with Gasteiger partial charge in [0.25, 0.3) is 0 Å². The Kier molecular flexibility index (Phi) is 5.14. The lowest BCUT2D eigenvalue weighted by atomic mass is 10.3. The molecular formula is C14H18N4O3. The minimum Gasteiger partial charge on any atom is -0.354 e. The zero-order chi connectivity index (χ0) is 15.1. The number of rotatable bonds is 3. The molecule has 3 N–H and O–H groups in total. The molecule has 0 spiro atoms. The van der Waals surface area contributed by atoms with Gasteiger partial charge in [0.05, 0.1) is 13.1 Å². The second-order valence-electron chi connectivity index (χ2n) is 4.69. The molecule has 0 aromatic heterocycles. The molecule has 1 aromatic rings. The largest absolute Gasteiger partial charge is 0.354 e. The summed E-state index contributed by atoms with van der Waals surface area (Å²) in [6.07, 6.45) is 0.716. The van der Waals surface area contributed by atoms with Crippen LogP contribution in [0.2, 0.25) is 0 Å². The molecule has 21 heavy (non-hydrogen) atoms. The summed E-state index contributed by atoms with van der Waals surface area (Å²) in [6, 6.07) is 8.50. The fourth-order valence-electron chi connectivity index (χ4n) is 1.98. The fourth-order valence-corrected chi connectivity index (χ4v) is 1.98. The summed E-state index contributed by atoms with van der Waals surface area (Å²) in [6.45, 7) is 0.997. The Morgan fingerprint density at radius 2 is 2.00 bits per heavy atom. The molecule has 1 saturated heterocycles. The third-order valence-electron chi connectivity index (χ3n) is 3.05. The molecule has 0 atom stereocenters. The lowest BCUT2D eigenvalue weighted by molar-refractivity contribution is -0.134. The number of anilines is 1. The molecular weight excluding hydrogens is 272 g/mol. The molecule has 0 unspecified atom stereocenters. The zero-order valence-corrected chi connectivity index (χ0v) is 11.6. The Bertz CT molecular complexity index is 518. The number of carbonyl (C=O) groups excluding carboxylic acids is 3. The van der Waals surface area contributed by atoms with Crippen LogP contribution in [0.1, 0.15) is 6.42 Å². The topological polar surface area (TPSA) is 90.5 Å². The molecule has 1 aliphatic heterocycles. The quantitative estimate of drug-likeness (QED) is 0.740. The van der Waals surface area contributed by atoms with Crippen molar-refractivity contribution in [1.82, 2.24) is 15.5 Å². The molecule has 7 heteroatoms. The van der Waals surface area contributed by atoms with Crippen LogP contribution in [0.25, 0.3) is 0 Å². The maximum atomic E-state index is 12.0. The van der Waals surface area contributed by atoms with Crippen LogP contribution >= 0.6 is 0 Å². The van der Waals surface area contributed by atoms with Gasteiger partial charge >= 0.3 is 6.03 Å². The summed E-state index contributed by atoms with van der Waals surface area (Å²) in [5, 5.41) is 7.81. The average molecular weight is 290 g/mol. The Morgan fingerprint density at radius 3 is 2.76 bits per heavy atom. The van der Waals surface area contributed by atoms with Gasteiger partial charge in [-0.15, -0.1) is 0 Å². The Morgan fingerprint density at radius 1 is 1.24 bits per heavy atom. The first-order valence-corrected chi connectivity index (χ1v) is 6.79. The van der Waals surface area contributed by atoms with Crippen molar-refractivity contribution < 1.29 is 14.4 Å². The number of carbonyl (C=O) groups is 3. The van der Waals surface area contributed by atoms with E-state index >= 15 is 0 Å². The second kappa shape index (κ2) is 7.28. The summed E-state index contributed by atoms with van der Waals surface area (Å²) >= 11 is 0. The number of amides is 4. The minimum absolute atomic E-state index is 0.0425. The first-order valence-electron chi connectivity index (χ1n) is 6.79. The van der Waals surface area contributed by atoms with Gasteiger partial charge in [0.1, 0.15) is 0 Å². The molecule has 0 bridgehead atoms. The van der Waals surface area contributed by atoms with E-state index in [1.54, 1.807) is 24.3 Å². The molecule has 112 valence electrons. The van der Waals surface area contributed by atoms with Gasteiger partial charge in [0.2, 0.25) is 11.8 Å². The smallest absolute Gasteiger partial charge is 0.319 e. The van der Waals surface area contributed by atoms with Crippen LogP contribution in [0.4, 0.5) is 10.5 Å². The summed E-state index contributed by atoms with van der Waals surface area (Å²) < 4.78 is 0. The van der Waals surface area contributed by atoms with Crippen LogP contribution in [0.3, 0.4) is 0 Å². The second-order valence-corrected chi connectivity index (χ2v) is 4.69. The van der Waals surface area contributed by atoms with E-state index in [2.05, 4.69) is 16.0 Å². The molecule has 0 saturated carbocycles. The number of benzene rings is 1. The summed E-state index contributed by atoms with van der Waals surface area (Å²) in [4.78, 5) is 36.4. The number of nitrogens with zero attached hydrogens (tertiary/aromatic N) is 1. The molecule has 4 amide bonds. The third kappa shape index (κ3) is 4.79. The molecule has 1 aliphatic rings. The van der Waals surface area contributed by atoms with Crippen molar-refractivity contribution in [3.8, 4) is 0 Å². The molecule has 0 aliphatic carbocycles. The van der Waals surface area contributed by atoms with Crippen molar-refractivity contribution in [3.63, 3.8) is 0 Å². The Balaban J connectivity index is 1.77. The third-order valence-corrected chi connectivity index (χ3v) is 3.05. The van der Waals surface area contributed by atoms with Crippen molar-refractivity contribution in [2.45, 2.75) is 6.42 Å². The minimum atomic E-state index is -0.450. The van der Waals surface area contributed by atoms with E-state index in [0.717, 1.165) is 0 Å². The molecule has 1 fully saturated rings. The highest BCUT2D eigenvalue weighted by molar-refractivity contribution is 5.93. The van der Waals surface area contributed by atoms with E-state index in [4.69, 9.17) is 0 Å². The highest BCUT2D eigenvalue weighted by atomic mass is 16.2. The van der Waals surface area contributed by atoms with E-state index in [0.29, 0.717) is 25.2 Å². The number of para-hydroxylation sites is 1. The van der Waals surface area contributed by atoms with E-state index < -0.39 is 6.03 Å². The summed E-state index contributed by atoms with van der Waals surface area (Å²) in [5.41, 5.74) is 0.650. The molecule has 7 nitrogen and oxygen atoms in total. The SMILES string of the molecule is O=C1CN(C(=O)CNC(=O)Nc2ccccc2)CCCN1. The molecule has 1 aromatic carbocycles. The van der Waals surface area contributed by atoms with Gasteiger partial charge < -0.3 is 20.9 Å². The molecule has 0 radical (unpaired) electrons. The summed E-state index contributed by atoms with van der Waals surface area (Å²) in [5.74, 6) is -0.440. The monoisotopic (exact) mass is 290 g/mol. The first kappa shape index (κ1) is 14.8. The van der Waals surface area contributed by atoms with E-state index in [-0.39, 0.29) is 24.9 Å². The van der Waals surface area contributed by atoms with Crippen LogP contribution in [0.15, 0.2) is 30.3 Å². The Hall–Kier alpha value is -2.57. The predicted octanol–water partition coefficient (Wildman–Crippen LogP) is 0.157.